The van der Waals surface area contributed by atoms with E-state index in [2.05, 4.69) is 5.32 Å². The fraction of sp³-hybridized carbons (Fsp3) is 0.200. The van der Waals surface area contributed by atoms with E-state index >= 15 is 0 Å². The van der Waals surface area contributed by atoms with Crippen LogP contribution in [0.5, 0.6) is 0 Å². The molecule has 2 nitrogen and oxygen atoms in total. The third-order valence-corrected chi connectivity index (χ3v) is 3.36. The molecule has 19 heavy (non-hydrogen) atoms. The van der Waals surface area contributed by atoms with Crippen LogP contribution in [0.3, 0.4) is 0 Å². The molecule has 0 unspecified atom stereocenters. The molecule has 1 N–H and O–H groups in total. The molecule has 0 aliphatic carbocycles. The number of hydrogen-bond acceptors (Lipinski definition) is 2. The van der Waals surface area contributed by atoms with E-state index in [9.17, 15) is 4.39 Å². The first-order valence-corrected chi connectivity index (χ1v) is 6.42. The first-order valence-electron chi connectivity index (χ1n) is 6.04. The van der Waals surface area contributed by atoms with Crippen LogP contribution in [-0.2, 0) is 6.54 Å². The summed E-state index contributed by atoms with van der Waals surface area (Å²) >= 11 is 6.22. The van der Waals surface area contributed by atoms with Gasteiger partial charge in [-0.1, -0.05) is 29.8 Å². The van der Waals surface area contributed by atoms with Crippen molar-refractivity contribution in [3.8, 4) is 0 Å². The molecule has 0 bridgehead atoms. The van der Waals surface area contributed by atoms with E-state index in [1.54, 1.807) is 17.0 Å². The molecule has 2 aromatic rings. The highest BCUT2D eigenvalue weighted by Crippen LogP contribution is 2.29. The lowest BCUT2D eigenvalue weighted by atomic mass is 10.2. The summed E-state index contributed by atoms with van der Waals surface area (Å²) in [6.45, 7) is 0.711. The molecule has 0 aromatic heterocycles. The Balaban J connectivity index is 2.32. The Labute approximate surface area is 117 Å². The summed E-state index contributed by atoms with van der Waals surface area (Å²) in [6.07, 6.45) is 0. The number of nitrogens with zero attached hydrogens (tertiary/aromatic N) is 1. The molecule has 0 atom stereocenters. The largest absolute Gasteiger partial charge is 0.342 e. The quantitative estimate of drug-likeness (QED) is 0.910. The van der Waals surface area contributed by atoms with Crippen molar-refractivity contribution in [3.63, 3.8) is 0 Å². The number of halogens is 2. The van der Waals surface area contributed by atoms with E-state index in [1.807, 2.05) is 38.4 Å². The van der Waals surface area contributed by atoms with Crippen molar-refractivity contribution in [2.24, 2.45) is 0 Å². The number of rotatable bonds is 4. The predicted octanol–water partition coefficient (Wildman–Crippen LogP) is 3.97. The van der Waals surface area contributed by atoms with Gasteiger partial charge in [0.15, 0.2) is 0 Å². The minimum Gasteiger partial charge on any atom is -0.342 e. The van der Waals surface area contributed by atoms with Gasteiger partial charge < -0.3 is 10.2 Å². The Morgan fingerprint density at radius 3 is 2.58 bits per heavy atom. The molecule has 0 aliphatic heterocycles. The molecule has 0 saturated heterocycles. The van der Waals surface area contributed by atoms with Crippen LogP contribution < -0.4 is 10.2 Å². The zero-order valence-electron chi connectivity index (χ0n) is 11.0. The summed E-state index contributed by atoms with van der Waals surface area (Å²) in [5.41, 5.74) is 2.41. The minimum atomic E-state index is -0.250. The highest BCUT2D eigenvalue weighted by molar-refractivity contribution is 6.31. The molecule has 0 aliphatic rings. The normalized spacial score (nSPS) is 10.5. The van der Waals surface area contributed by atoms with Crippen molar-refractivity contribution >= 4 is 23.0 Å². The van der Waals surface area contributed by atoms with E-state index < -0.39 is 0 Å². The molecular formula is C15H16ClFN2. The van der Waals surface area contributed by atoms with Gasteiger partial charge in [-0.15, -0.1) is 0 Å². The maximum atomic E-state index is 13.7. The van der Waals surface area contributed by atoms with Crippen LogP contribution in [0.15, 0.2) is 42.5 Å². The predicted molar refractivity (Wildman–Crippen MR) is 78.7 cm³/mol. The molecule has 0 spiro atoms. The lowest BCUT2D eigenvalue weighted by Gasteiger charge is -2.21. The Morgan fingerprint density at radius 2 is 1.95 bits per heavy atom. The molecule has 0 heterocycles. The minimum absolute atomic E-state index is 0.250. The number of hydrogen-bond donors (Lipinski definition) is 1. The second-order valence-corrected chi connectivity index (χ2v) is 4.72. The first-order chi connectivity index (χ1) is 9.13. The fourth-order valence-corrected chi connectivity index (χ4v) is 2.18. The van der Waals surface area contributed by atoms with Crippen molar-refractivity contribution in [2.75, 3.05) is 19.0 Å². The third-order valence-electron chi connectivity index (χ3n) is 3.00. The van der Waals surface area contributed by atoms with E-state index in [1.165, 1.54) is 6.07 Å². The molecule has 2 rings (SSSR count). The summed E-state index contributed by atoms with van der Waals surface area (Å²) in [5, 5.41) is 3.73. The van der Waals surface area contributed by atoms with Crippen LogP contribution in [-0.4, -0.2) is 14.1 Å². The Kier molecular flexibility index (Phi) is 4.40. The van der Waals surface area contributed by atoms with Crippen LogP contribution in [0.25, 0.3) is 0 Å². The monoisotopic (exact) mass is 278 g/mol. The number of nitrogens with one attached hydrogen (secondary N) is 1. The number of anilines is 2. The summed E-state index contributed by atoms with van der Waals surface area (Å²) < 4.78 is 13.7. The van der Waals surface area contributed by atoms with Gasteiger partial charge in [-0.2, -0.15) is 0 Å². The van der Waals surface area contributed by atoms with Crippen molar-refractivity contribution < 1.29 is 4.39 Å². The SMILES string of the molecule is CNCc1ccc(N(C)c2ccccc2F)cc1Cl. The van der Waals surface area contributed by atoms with Gasteiger partial charge in [0.2, 0.25) is 0 Å². The average molecular weight is 279 g/mol. The van der Waals surface area contributed by atoms with Crippen LogP contribution in [0.2, 0.25) is 5.02 Å². The smallest absolute Gasteiger partial charge is 0.146 e. The number of para-hydroxylation sites is 1. The van der Waals surface area contributed by atoms with Crippen molar-refractivity contribution in [2.45, 2.75) is 6.54 Å². The van der Waals surface area contributed by atoms with Crippen LogP contribution in [0, 0.1) is 5.82 Å². The van der Waals surface area contributed by atoms with Gasteiger partial charge >= 0.3 is 0 Å². The molecule has 0 fully saturated rings. The van der Waals surface area contributed by atoms with Crippen molar-refractivity contribution in [3.05, 3.63) is 58.9 Å². The van der Waals surface area contributed by atoms with Crippen LogP contribution in [0.1, 0.15) is 5.56 Å². The van der Waals surface area contributed by atoms with Gasteiger partial charge in [-0.25, -0.2) is 4.39 Å². The Bertz CT molecular complexity index is 572. The lowest BCUT2D eigenvalue weighted by molar-refractivity contribution is 0.627. The van der Waals surface area contributed by atoms with Crippen molar-refractivity contribution in [1.82, 2.24) is 5.32 Å². The van der Waals surface area contributed by atoms with Gasteiger partial charge in [0, 0.05) is 24.3 Å². The summed E-state index contributed by atoms with van der Waals surface area (Å²) in [7, 11) is 3.69. The lowest BCUT2D eigenvalue weighted by Crippen LogP contribution is -2.12. The zero-order chi connectivity index (χ0) is 13.8. The van der Waals surface area contributed by atoms with Crippen molar-refractivity contribution in [1.29, 1.82) is 0 Å². The molecule has 2 aromatic carbocycles. The highest BCUT2D eigenvalue weighted by atomic mass is 35.5. The standard InChI is InChI=1S/C15H16ClFN2/c1-18-10-11-7-8-12(9-13(11)16)19(2)15-6-4-3-5-14(15)17/h3-9,18H,10H2,1-2H3. The van der Waals surface area contributed by atoms with Gasteiger partial charge in [0.05, 0.1) is 5.69 Å². The summed E-state index contributed by atoms with van der Waals surface area (Å²) in [4.78, 5) is 1.78. The molecular weight excluding hydrogens is 263 g/mol. The first kappa shape index (κ1) is 13.8. The van der Waals surface area contributed by atoms with Gasteiger partial charge in [0.25, 0.3) is 0 Å². The Morgan fingerprint density at radius 1 is 1.21 bits per heavy atom. The van der Waals surface area contributed by atoms with Gasteiger partial charge in [0.1, 0.15) is 5.82 Å². The zero-order valence-corrected chi connectivity index (χ0v) is 11.7. The fourth-order valence-electron chi connectivity index (χ4n) is 1.94. The highest BCUT2D eigenvalue weighted by Gasteiger charge is 2.10. The van der Waals surface area contributed by atoms with E-state index in [4.69, 9.17) is 11.6 Å². The molecule has 4 heteroatoms. The maximum Gasteiger partial charge on any atom is 0.146 e. The van der Waals surface area contributed by atoms with E-state index in [-0.39, 0.29) is 5.82 Å². The van der Waals surface area contributed by atoms with Gasteiger partial charge in [-0.05, 0) is 36.9 Å². The molecule has 100 valence electrons. The third kappa shape index (κ3) is 3.06. The summed E-state index contributed by atoms with van der Waals surface area (Å²) in [6, 6.07) is 12.4. The summed E-state index contributed by atoms with van der Waals surface area (Å²) in [5.74, 6) is -0.250. The average Bonchev–Trinajstić information content (AvgIpc) is 2.41. The maximum absolute atomic E-state index is 13.7. The second-order valence-electron chi connectivity index (χ2n) is 4.32. The Hall–Kier alpha value is -1.58. The van der Waals surface area contributed by atoms with E-state index in [0.29, 0.717) is 17.3 Å². The van der Waals surface area contributed by atoms with E-state index in [0.717, 1.165) is 11.3 Å². The molecule has 0 radical (unpaired) electrons. The molecule has 0 saturated carbocycles. The van der Waals surface area contributed by atoms with Crippen LogP contribution >= 0.6 is 11.6 Å². The second kappa shape index (κ2) is 6.04. The number of benzene rings is 2. The van der Waals surface area contributed by atoms with Crippen LogP contribution in [0.4, 0.5) is 15.8 Å². The molecule has 0 amide bonds. The van der Waals surface area contributed by atoms with Gasteiger partial charge in [-0.3, -0.25) is 0 Å². The topological polar surface area (TPSA) is 15.3 Å².